The standard InChI is InChI=1S/C5H3ClO2.C3H8/c6-5(7)4-2-1-3-8-4;1-3-2/h1-3H;3H2,1-2H3. The lowest BCUT2D eigenvalue weighted by molar-refractivity contribution is 0.105. The number of halogens is 1. The van der Waals surface area contributed by atoms with Crippen LogP contribution in [0, 0.1) is 0 Å². The average Bonchev–Trinajstić information content (AvgIpc) is 2.38. The maximum absolute atomic E-state index is 10.2. The van der Waals surface area contributed by atoms with Gasteiger partial charge in [0.05, 0.1) is 6.26 Å². The van der Waals surface area contributed by atoms with Crippen LogP contribution in [0.25, 0.3) is 0 Å². The lowest BCUT2D eigenvalue weighted by Crippen LogP contribution is -1.80. The molecular formula is C8H11ClO2. The maximum atomic E-state index is 10.2. The SMILES string of the molecule is CCC.O=C(Cl)c1ccco1. The van der Waals surface area contributed by atoms with Crippen molar-refractivity contribution in [3.63, 3.8) is 0 Å². The van der Waals surface area contributed by atoms with E-state index in [9.17, 15) is 4.79 Å². The molecular weight excluding hydrogens is 164 g/mol. The minimum atomic E-state index is -0.560. The summed E-state index contributed by atoms with van der Waals surface area (Å²) in [5.74, 6) is 0.187. The summed E-state index contributed by atoms with van der Waals surface area (Å²) in [7, 11) is 0. The molecule has 0 fully saturated rings. The molecule has 0 saturated heterocycles. The zero-order chi connectivity index (χ0) is 8.69. The van der Waals surface area contributed by atoms with Crippen LogP contribution in [0.15, 0.2) is 22.8 Å². The third kappa shape index (κ3) is 4.62. The maximum Gasteiger partial charge on any atom is 0.287 e. The van der Waals surface area contributed by atoms with E-state index in [1.807, 2.05) is 0 Å². The summed E-state index contributed by atoms with van der Waals surface area (Å²) < 4.78 is 4.61. The monoisotopic (exact) mass is 174 g/mol. The molecule has 0 saturated carbocycles. The van der Waals surface area contributed by atoms with Crippen LogP contribution in [0.1, 0.15) is 30.8 Å². The Labute approximate surface area is 71.2 Å². The van der Waals surface area contributed by atoms with Crippen molar-refractivity contribution in [2.45, 2.75) is 20.3 Å². The summed E-state index contributed by atoms with van der Waals surface area (Å²) in [6.07, 6.45) is 2.65. The average molecular weight is 175 g/mol. The molecule has 0 aliphatic heterocycles. The van der Waals surface area contributed by atoms with Gasteiger partial charge in [-0.25, -0.2) is 0 Å². The number of hydrogen-bond acceptors (Lipinski definition) is 2. The van der Waals surface area contributed by atoms with E-state index in [2.05, 4.69) is 18.3 Å². The normalized spacial score (nSPS) is 8.27. The van der Waals surface area contributed by atoms with Crippen LogP contribution in [0.2, 0.25) is 0 Å². The molecule has 0 unspecified atom stereocenters. The molecule has 0 aliphatic carbocycles. The number of carbonyl (C=O) groups excluding carboxylic acids is 1. The molecule has 11 heavy (non-hydrogen) atoms. The first-order valence-electron chi connectivity index (χ1n) is 3.45. The Kier molecular flexibility index (Phi) is 5.57. The smallest absolute Gasteiger partial charge is 0.287 e. The van der Waals surface area contributed by atoms with Gasteiger partial charge in [0.2, 0.25) is 0 Å². The van der Waals surface area contributed by atoms with Gasteiger partial charge in [-0.05, 0) is 23.7 Å². The third-order valence-electron chi connectivity index (χ3n) is 0.715. The Balaban J connectivity index is 0.000000292. The second kappa shape index (κ2) is 5.98. The lowest BCUT2D eigenvalue weighted by Gasteiger charge is -1.77. The highest BCUT2D eigenvalue weighted by atomic mass is 35.5. The van der Waals surface area contributed by atoms with Gasteiger partial charge >= 0.3 is 0 Å². The van der Waals surface area contributed by atoms with E-state index in [-0.39, 0.29) is 5.76 Å². The summed E-state index contributed by atoms with van der Waals surface area (Å²) in [4.78, 5) is 10.2. The van der Waals surface area contributed by atoms with Gasteiger partial charge in [-0.2, -0.15) is 0 Å². The Morgan fingerprint density at radius 3 is 2.36 bits per heavy atom. The second-order valence-electron chi connectivity index (χ2n) is 1.96. The number of carbonyl (C=O) groups is 1. The molecule has 62 valence electrons. The predicted octanol–water partition coefficient (Wildman–Crippen LogP) is 3.07. The molecule has 0 N–H and O–H groups in total. The summed E-state index contributed by atoms with van der Waals surface area (Å²) in [5, 5.41) is -0.560. The van der Waals surface area contributed by atoms with Crippen LogP contribution < -0.4 is 0 Å². The largest absolute Gasteiger partial charge is 0.460 e. The third-order valence-corrected chi connectivity index (χ3v) is 0.901. The molecule has 0 spiro atoms. The molecule has 0 atom stereocenters. The Bertz CT molecular complexity index is 192. The number of hydrogen-bond donors (Lipinski definition) is 0. The first-order valence-corrected chi connectivity index (χ1v) is 3.83. The van der Waals surface area contributed by atoms with E-state index in [1.165, 1.54) is 18.8 Å². The fraction of sp³-hybridized carbons (Fsp3) is 0.375. The topological polar surface area (TPSA) is 30.2 Å². The summed E-state index contributed by atoms with van der Waals surface area (Å²) in [6, 6.07) is 3.12. The Morgan fingerprint density at radius 1 is 1.64 bits per heavy atom. The quantitative estimate of drug-likeness (QED) is 0.613. The number of furan rings is 1. The van der Waals surface area contributed by atoms with E-state index in [4.69, 9.17) is 11.6 Å². The van der Waals surface area contributed by atoms with Gasteiger partial charge in [0.1, 0.15) is 0 Å². The van der Waals surface area contributed by atoms with E-state index in [1.54, 1.807) is 6.07 Å². The molecule has 0 amide bonds. The summed E-state index contributed by atoms with van der Waals surface area (Å²) in [6.45, 7) is 4.25. The van der Waals surface area contributed by atoms with E-state index in [0.29, 0.717) is 0 Å². The highest BCUT2D eigenvalue weighted by molar-refractivity contribution is 6.67. The van der Waals surface area contributed by atoms with Gasteiger partial charge in [-0.1, -0.05) is 20.3 Å². The summed E-state index contributed by atoms with van der Waals surface area (Å²) >= 11 is 5.01. The molecule has 3 heteroatoms. The zero-order valence-corrected chi connectivity index (χ0v) is 7.39. The molecule has 0 bridgehead atoms. The molecule has 1 aromatic rings. The van der Waals surface area contributed by atoms with Crippen molar-refractivity contribution in [3.8, 4) is 0 Å². The van der Waals surface area contributed by atoms with Crippen LogP contribution in [0.4, 0.5) is 0 Å². The van der Waals surface area contributed by atoms with Gasteiger partial charge in [-0.3, -0.25) is 4.79 Å². The first-order chi connectivity index (χ1) is 5.22. The fourth-order valence-corrected chi connectivity index (χ4v) is 0.498. The van der Waals surface area contributed by atoms with Crippen LogP contribution in [-0.4, -0.2) is 5.24 Å². The lowest BCUT2D eigenvalue weighted by atomic mass is 10.5. The van der Waals surface area contributed by atoms with Crippen molar-refractivity contribution in [2.75, 3.05) is 0 Å². The molecule has 0 radical (unpaired) electrons. The van der Waals surface area contributed by atoms with Gasteiger partial charge < -0.3 is 4.42 Å². The van der Waals surface area contributed by atoms with Crippen molar-refractivity contribution >= 4 is 16.8 Å². The summed E-state index contributed by atoms with van der Waals surface area (Å²) in [5.41, 5.74) is 0. The molecule has 0 aliphatic rings. The van der Waals surface area contributed by atoms with Crippen LogP contribution in [0.3, 0.4) is 0 Å². The van der Waals surface area contributed by atoms with Gasteiger partial charge in [0.25, 0.3) is 5.24 Å². The number of rotatable bonds is 1. The minimum Gasteiger partial charge on any atom is -0.460 e. The zero-order valence-electron chi connectivity index (χ0n) is 6.63. The first kappa shape index (κ1) is 10.2. The highest BCUT2D eigenvalue weighted by Crippen LogP contribution is 2.02. The van der Waals surface area contributed by atoms with Crippen LogP contribution in [0.5, 0.6) is 0 Å². The fourth-order valence-electron chi connectivity index (χ4n) is 0.390. The second-order valence-corrected chi connectivity index (χ2v) is 2.30. The highest BCUT2D eigenvalue weighted by Gasteiger charge is 2.00. The minimum absolute atomic E-state index is 0.187. The van der Waals surface area contributed by atoms with Crippen LogP contribution in [-0.2, 0) is 0 Å². The van der Waals surface area contributed by atoms with Crippen molar-refractivity contribution in [3.05, 3.63) is 24.2 Å². The Hall–Kier alpha value is -0.760. The molecule has 1 rings (SSSR count). The van der Waals surface area contributed by atoms with Gasteiger partial charge in [0, 0.05) is 0 Å². The van der Waals surface area contributed by atoms with E-state index >= 15 is 0 Å². The van der Waals surface area contributed by atoms with Crippen LogP contribution >= 0.6 is 11.6 Å². The molecule has 1 aromatic heterocycles. The van der Waals surface area contributed by atoms with Gasteiger partial charge in [0.15, 0.2) is 5.76 Å². The van der Waals surface area contributed by atoms with E-state index in [0.717, 1.165) is 0 Å². The molecule has 0 aromatic carbocycles. The van der Waals surface area contributed by atoms with Crippen molar-refractivity contribution in [2.24, 2.45) is 0 Å². The van der Waals surface area contributed by atoms with Gasteiger partial charge in [-0.15, -0.1) is 0 Å². The van der Waals surface area contributed by atoms with Crippen molar-refractivity contribution < 1.29 is 9.21 Å². The van der Waals surface area contributed by atoms with E-state index < -0.39 is 5.24 Å². The van der Waals surface area contributed by atoms with Crippen molar-refractivity contribution in [1.29, 1.82) is 0 Å². The predicted molar refractivity (Wildman–Crippen MR) is 44.9 cm³/mol. The Morgan fingerprint density at radius 2 is 2.18 bits per heavy atom. The molecule has 1 heterocycles. The molecule has 2 nitrogen and oxygen atoms in total. The van der Waals surface area contributed by atoms with Crippen molar-refractivity contribution in [1.82, 2.24) is 0 Å².